The lowest BCUT2D eigenvalue weighted by molar-refractivity contribution is -0.134. The molecule has 0 saturated carbocycles. The number of hydrogen-bond acceptors (Lipinski definition) is 6. The van der Waals surface area contributed by atoms with Gasteiger partial charge in [0.1, 0.15) is 17.4 Å². The summed E-state index contributed by atoms with van der Waals surface area (Å²) in [5.41, 5.74) is 4.67. The number of hydrazine groups is 1. The van der Waals surface area contributed by atoms with Gasteiger partial charge in [-0.25, -0.2) is 17.8 Å². The summed E-state index contributed by atoms with van der Waals surface area (Å²) in [4.78, 5) is 28.6. The van der Waals surface area contributed by atoms with Gasteiger partial charge in [0.2, 0.25) is 5.91 Å². The van der Waals surface area contributed by atoms with Gasteiger partial charge in [-0.15, -0.1) is 0 Å². The third-order valence-corrected chi connectivity index (χ3v) is 7.09. The summed E-state index contributed by atoms with van der Waals surface area (Å²) in [5.74, 6) is -0.939. The minimum atomic E-state index is -3.72. The van der Waals surface area contributed by atoms with Gasteiger partial charge in [0, 0.05) is 32.3 Å². The Morgan fingerprint density at radius 2 is 1.81 bits per heavy atom. The number of amides is 2. The maximum Gasteiger partial charge on any atom is 0.279 e. The molecule has 1 saturated heterocycles. The zero-order valence-electron chi connectivity index (χ0n) is 18.0. The van der Waals surface area contributed by atoms with Crippen LogP contribution in [-0.2, 0) is 26.7 Å². The van der Waals surface area contributed by atoms with E-state index in [1.807, 2.05) is 0 Å². The Kier molecular flexibility index (Phi) is 7.14. The molecular weight excluding hydrogens is 441 g/mol. The molecule has 2 amide bonds. The maximum absolute atomic E-state index is 12.9. The van der Waals surface area contributed by atoms with Crippen LogP contribution in [0.1, 0.15) is 25.6 Å². The van der Waals surface area contributed by atoms with Crippen LogP contribution in [0.15, 0.2) is 35.5 Å². The number of nitrogens with zero attached hydrogens (tertiary/aromatic N) is 3. The molecular formula is C20H26FN5O5S. The first kappa shape index (κ1) is 23.7. The van der Waals surface area contributed by atoms with Crippen molar-refractivity contribution < 1.29 is 27.1 Å². The van der Waals surface area contributed by atoms with E-state index in [1.54, 1.807) is 18.5 Å². The molecule has 0 radical (unpaired) electrons. The van der Waals surface area contributed by atoms with E-state index in [0.29, 0.717) is 24.4 Å². The van der Waals surface area contributed by atoms with Crippen molar-refractivity contribution >= 4 is 21.8 Å². The number of aromatic nitrogens is 2. The second kappa shape index (κ2) is 9.65. The summed E-state index contributed by atoms with van der Waals surface area (Å²) in [5, 5.41) is -0.0113. The third kappa shape index (κ3) is 5.43. The molecule has 174 valence electrons. The zero-order chi connectivity index (χ0) is 23.5. The first-order chi connectivity index (χ1) is 15.1. The van der Waals surface area contributed by atoms with Gasteiger partial charge >= 0.3 is 0 Å². The fraction of sp³-hybridized carbons (Fsp3) is 0.450. The number of nitrogens with one attached hydrogen (secondary N) is 2. The molecule has 0 spiro atoms. The maximum atomic E-state index is 12.9. The summed E-state index contributed by atoms with van der Waals surface area (Å²) >= 11 is 0. The molecule has 3 rings (SSSR count). The molecule has 1 aliphatic heterocycles. The average Bonchev–Trinajstić information content (AvgIpc) is 3.12. The van der Waals surface area contributed by atoms with Crippen LogP contribution in [0.4, 0.5) is 4.39 Å². The van der Waals surface area contributed by atoms with Crippen molar-refractivity contribution in [2.24, 2.45) is 13.0 Å². The Morgan fingerprint density at radius 3 is 2.38 bits per heavy atom. The fourth-order valence-electron chi connectivity index (χ4n) is 3.24. The first-order valence-corrected chi connectivity index (χ1v) is 11.5. The SMILES string of the molecule is Cc1nc(S(=O)(=O)N2CCC(C(=O)NNC(=O)C(C)Oc3ccc(F)cc3)CC2)cn1C. The molecule has 1 aromatic heterocycles. The Hall–Kier alpha value is -2.99. The lowest BCUT2D eigenvalue weighted by Crippen LogP contribution is -2.51. The van der Waals surface area contributed by atoms with Gasteiger partial charge in [0.15, 0.2) is 11.1 Å². The zero-order valence-corrected chi connectivity index (χ0v) is 18.9. The average molecular weight is 468 g/mol. The van der Waals surface area contributed by atoms with Crippen LogP contribution < -0.4 is 15.6 Å². The molecule has 1 fully saturated rings. The predicted molar refractivity (Wildman–Crippen MR) is 112 cm³/mol. The predicted octanol–water partition coefficient (Wildman–Crippen LogP) is 0.883. The fourth-order valence-corrected chi connectivity index (χ4v) is 4.73. The van der Waals surface area contributed by atoms with Crippen LogP contribution in [0, 0.1) is 18.7 Å². The lowest BCUT2D eigenvalue weighted by Gasteiger charge is -2.30. The Morgan fingerprint density at radius 1 is 1.19 bits per heavy atom. The highest BCUT2D eigenvalue weighted by Crippen LogP contribution is 2.23. The number of imidazole rings is 1. The van der Waals surface area contributed by atoms with Crippen LogP contribution in [0.3, 0.4) is 0 Å². The van der Waals surface area contributed by atoms with E-state index < -0.39 is 39.7 Å². The Labute approximate surface area is 185 Å². The summed E-state index contributed by atoms with van der Waals surface area (Å²) in [6, 6.07) is 5.21. The molecule has 2 heterocycles. The van der Waals surface area contributed by atoms with Crippen LogP contribution in [0.2, 0.25) is 0 Å². The first-order valence-electron chi connectivity index (χ1n) is 10.1. The molecule has 1 aromatic carbocycles. The van der Waals surface area contributed by atoms with E-state index in [4.69, 9.17) is 4.74 Å². The highest BCUT2D eigenvalue weighted by atomic mass is 32.2. The normalized spacial score (nSPS) is 16.4. The molecule has 0 bridgehead atoms. The van der Waals surface area contributed by atoms with Gasteiger partial charge < -0.3 is 9.30 Å². The number of sulfonamides is 1. The van der Waals surface area contributed by atoms with Gasteiger partial charge in [-0.3, -0.25) is 20.4 Å². The number of rotatable bonds is 6. The smallest absolute Gasteiger partial charge is 0.279 e. The summed E-state index contributed by atoms with van der Waals surface area (Å²) < 4.78 is 46.8. The van der Waals surface area contributed by atoms with Crippen LogP contribution in [-0.4, -0.2) is 53.3 Å². The summed E-state index contributed by atoms with van der Waals surface area (Å²) in [6.45, 7) is 3.56. The summed E-state index contributed by atoms with van der Waals surface area (Å²) in [6.07, 6.45) is 1.17. The highest BCUT2D eigenvalue weighted by molar-refractivity contribution is 7.89. The molecule has 12 heteroatoms. The number of piperidine rings is 1. The Bertz CT molecular complexity index is 1060. The van der Waals surface area contributed by atoms with Crippen molar-refractivity contribution in [3.8, 4) is 5.75 Å². The number of ether oxygens (including phenoxy) is 1. The van der Waals surface area contributed by atoms with E-state index in [9.17, 15) is 22.4 Å². The quantitative estimate of drug-likeness (QED) is 0.608. The topological polar surface area (TPSA) is 123 Å². The van der Waals surface area contributed by atoms with E-state index in [2.05, 4.69) is 15.8 Å². The van der Waals surface area contributed by atoms with Crippen molar-refractivity contribution in [1.82, 2.24) is 24.7 Å². The molecule has 1 atom stereocenters. The second-order valence-electron chi connectivity index (χ2n) is 7.61. The number of hydrogen-bond donors (Lipinski definition) is 2. The van der Waals surface area contributed by atoms with Crippen LogP contribution in [0.25, 0.3) is 0 Å². The third-order valence-electron chi connectivity index (χ3n) is 5.32. The van der Waals surface area contributed by atoms with Crippen molar-refractivity contribution in [1.29, 1.82) is 0 Å². The molecule has 10 nitrogen and oxygen atoms in total. The van der Waals surface area contributed by atoms with Gasteiger partial charge in [-0.2, -0.15) is 4.31 Å². The molecule has 0 aliphatic carbocycles. The van der Waals surface area contributed by atoms with Crippen molar-refractivity contribution in [2.75, 3.05) is 13.1 Å². The van der Waals surface area contributed by atoms with Gasteiger partial charge in [-0.05, 0) is 51.0 Å². The van der Waals surface area contributed by atoms with E-state index in [0.717, 1.165) is 0 Å². The molecule has 2 aromatic rings. The van der Waals surface area contributed by atoms with Crippen molar-refractivity contribution in [3.63, 3.8) is 0 Å². The van der Waals surface area contributed by atoms with E-state index in [-0.39, 0.29) is 18.1 Å². The van der Waals surface area contributed by atoms with Gasteiger partial charge in [-0.1, -0.05) is 0 Å². The molecule has 32 heavy (non-hydrogen) atoms. The minimum Gasteiger partial charge on any atom is -0.481 e. The lowest BCUT2D eigenvalue weighted by atomic mass is 9.98. The summed E-state index contributed by atoms with van der Waals surface area (Å²) in [7, 11) is -2.00. The standard InChI is InChI=1S/C20H26FN5O5S/c1-13(31-17-6-4-16(21)5-7-17)19(27)23-24-20(28)15-8-10-26(11-9-15)32(29,30)18-12-25(3)14(2)22-18/h4-7,12-13,15H,8-11H2,1-3H3,(H,23,27)(H,24,28). The Balaban J connectivity index is 1.47. The highest BCUT2D eigenvalue weighted by Gasteiger charge is 2.33. The monoisotopic (exact) mass is 467 g/mol. The largest absolute Gasteiger partial charge is 0.481 e. The second-order valence-corrected chi connectivity index (χ2v) is 9.49. The molecule has 1 unspecified atom stereocenters. The number of carbonyl (C=O) groups is 2. The van der Waals surface area contributed by atoms with Gasteiger partial charge in [0.05, 0.1) is 0 Å². The number of benzene rings is 1. The number of halogens is 1. The molecule has 2 N–H and O–H groups in total. The molecule has 1 aliphatic rings. The van der Waals surface area contributed by atoms with Crippen LogP contribution >= 0.6 is 0 Å². The van der Waals surface area contributed by atoms with Gasteiger partial charge in [0.25, 0.3) is 15.9 Å². The van der Waals surface area contributed by atoms with E-state index in [1.165, 1.54) is 41.7 Å². The van der Waals surface area contributed by atoms with Crippen molar-refractivity contribution in [2.45, 2.75) is 37.8 Å². The van der Waals surface area contributed by atoms with E-state index >= 15 is 0 Å². The number of carbonyl (C=O) groups excluding carboxylic acids is 2. The van der Waals surface area contributed by atoms with Crippen LogP contribution in [0.5, 0.6) is 5.75 Å². The van der Waals surface area contributed by atoms with Crippen molar-refractivity contribution in [3.05, 3.63) is 42.1 Å². The number of aryl methyl sites for hydroxylation is 2. The minimum absolute atomic E-state index is 0.0113.